The molecule has 0 heterocycles. The van der Waals surface area contributed by atoms with Crippen molar-refractivity contribution in [1.82, 2.24) is 0 Å². The Morgan fingerprint density at radius 2 is 1.93 bits per heavy atom. The lowest BCUT2D eigenvalue weighted by Crippen LogP contribution is -2.47. The molecule has 2 rings (SSSR count). The molecule has 0 amide bonds. The van der Waals surface area contributed by atoms with E-state index in [2.05, 4.69) is 0 Å². The SMILES string of the molecule is CC12C=CC(C1)C(C)(C)C2(Cl)P(=O)(O)O. The van der Waals surface area contributed by atoms with Gasteiger partial charge < -0.3 is 9.79 Å². The summed E-state index contributed by atoms with van der Waals surface area (Å²) in [6.45, 7) is 5.53. The van der Waals surface area contributed by atoms with Crippen LogP contribution in [0, 0.1) is 16.7 Å². The highest BCUT2D eigenvalue weighted by Crippen LogP contribution is 2.79. The van der Waals surface area contributed by atoms with Crippen LogP contribution in [0.1, 0.15) is 27.2 Å². The summed E-state index contributed by atoms with van der Waals surface area (Å²) in [4.78, 5) is 19.1. The van der Waals surface area contributed by atoms with Gasteiger partial charge in [0, 0.05) is 10.8 Å². The first-order chi connectivity index (χ1) is 6.56. The summed E-state index contributed by atoms with van der Waals surface area (Å²) in [7, 11) is -4.34. The molecular weight excluding hydrogens is 235 g/mol. The van der Waals surface area contributed by atoms with E-state index in [1.807, 2.05) is 32.9 Å². The summed E-state index contributed by atoms with van der Waals surface area (Å²) in [5, 5.41) is 0. The molecule has 3 unspecified atom stereocenters. The Morgan fingerprint density at radius 3 is 2.20 bits per heavy atom. The van der Waals surface area contributed by atoms with Crippen molar-refractivity contribution in [3.8, 4) is 0 Å². The van der Waals surface area contributed by atoms with E-state index in [9.17, 15) is 14.4 Å². The molecule has 2 bridgehead atoms. The Morgan fingerprint density at radius 1 is 1.40 bits per heavy atom. The monoisotopic (exact) mass is 250 g/mol. The Balaban J connectivity index is 2.67. The maximum atomic E-state index is 11.7. The van der Waals surface area contributed by atoms with E-state index in [1.165, 1.54) is 0 Å². The van der Waals surface area contributed by atoms with Crippen molar-refractivity contribution in [3.05, 3.63) is 12.2 Å². The third kappa shape index (κ3) is 1.08. The normalized spacial score (nSPS) is 47.5. The largest absolute Gasteiger partial charge is 0.347 e. The number of hydrogen-bond acceptors (Lipinski definition) is 1. The van der Waals surface area contributed by atoms with Gasteiger partial charge in [-0.25, -0.2) is 0 Å². The number of halogens is 1. The number of fused-ring (bicyclic) bond motifs is 2. The topological polar surface area (TPSA) is 57.5 Å². The third-order valence-corrected chi connectivity index (χ3v) is 7.75. The molecule has 0 saturated heterocycles. The van der Waals surface area contributed by atoms with Crippen molar-refractivity contribution in [1.29, 1.82) is 0 Å². The summed E-state index contributed by atoms with van der Waals surface area (Å²) >= 11 is 6.36. The zero-order valence-corrected chi connectivity index (χ0v) is 10.7. The molecule has 0 aliphatic heterocycles. The van der Waals surface area contributed by atoms with E-state index in [1.54, 1.807) is 0 Å². The van der Waals surface area contributed by atoms with Crippen molar-refractivity contribution in [2.45, 2.75) is 31.8 Å². The van der Waals surface area contributed by atoms with Crippen LogP contribution >= 0.6 is 19.2 Å². The van der Waals surface area contributed by atoms with Crippen LogP contribution in [-0.4, -0.2) is 14.4 Å². The smallest absolute Gasteiger partial charge is 0.323 e. The van der Waals surface area contributed by atoms with E-state index in [4.69, 9.17) is 11.6 Å². The fourth-order valence-corrected chi connectivity index (χ4v) is 5.38. The summed E-state index contributed by atoms with van der Waals surface area (Å²) in [6, 6.07) is 0. The second-order valence-corrected chi connectivity index (χ2v) is 8.06. The molecule has 3 nitrogen and oxygen atoms in total. The molecule has 2 aliphatic rings. The molecule has 86 valence electrons. The minimum absolute atomic E-state index is 0.160. The zero-order chi connectivity index (χ0) is 11.7. The van der Waals surface area contributed by atoms with Gasteiger partial charge in [0.05, 0.1) is 0 Å². The second kappa shape index (κ2) is 2.70. The van der Waals surface area contributed by atoms with Crippen LogP contribution in [0.25, 0.3) is 0 Å². The Bertz CT molecular complexity index is 386. The molecule has 2 aliphatic carbocycles. The van der Waals surface area contributed by atoms with Gasteiger partial charge in [0.2, 0.25) is 0 Å². The molecule has 5 heteroatoms. The van der Waals surface area contributed by atoms with Crippen LogP contribution in [-0.2, 0) is 4.57 Å². The maximum absolute atomic E-state index is 11.7. The highest BCUT2D eigenvalue weighted by molar-refractivity contribution is 7.56. The molecule has 0 spiro atoms. The molecule has 2 N–H and O–H groups in total. The molecule has 3 atom stereocenters. The molecule has 15 heavy (non-hydrogen) atoms. The highest BCUT2D eigenvalue weighted by atomic mass is 35.5. The number of hydrogen-bond donors (Lipinski definition) is 2. The van der Waals surface area contributed by atoms with E-state index in [0.29, 0.717) is 0 Å². The zero-order valence-electron chi connectivity index (χ0n) is 9.07. The molecule has 1 fully saturated rings. The predicted octanol–water partition coefficient (Wildman–Crippen LogP) is 2.72. The van der Waals surface area contributed by atoms with Crippen molar-refractivity contribution in [3.63, 3.8) is 0 Å². The number of rotatable bonds is 1. The van der Waals surface area contributed by atoms with Crippen LogP contribution in [0.3, 0.4) is 0 Å². The van der Waals surface area contributed by atoms with Crippen LogP contribution in [0.15, 0.2) is 12.2 Å². The van der Waals surface area contributed by atoms with Gasteiger partial charge in [0.15, 0.2) is 4.62 Å². The Kier molecular flexibility index (Phi) is 2.10. The van der Waals surface area contributed by atoms with Crippen molar-refractivity contribution >= 4 is 19.2 Å². The van der Waals surface area contributed by atoms with Crippen molar-refractivity contribution < 1.29 is 14.4 Å². The summed E-state index contributed by atoms with van der Waals surface area (Å²) in [5.74, 6) is 0.160. The molecule has 0 radical (unpaired) electrons. The van der Waals surface area contributed by atoms with E-state index < -0.39 is 23.0 Å². The number of allylic oxidation sites excluding steroid dienone is 2. The molecule has 0 aromatic heterocycles. The minimum Gasteiger partial charge on any atom is -0.323 e. The Hall–Kier alpha value is 0.180. The lowest BCUT2D eigenvalue weighted by Gasteiger charge is -2.47. The standard InChI is InChI=1S/C10H16ClO3P/c1-8(2)7-4-5-9(3,6-7)10(8,11)15(12,13)14/h4-5,7H,6H2,1-3H3,(H2,12,13,14). The van der Waals surface area contributed by atoms with Crippen molar-refractivity contribution in [2.75, 3.05) is 0 Å². The minimum atomic E-state index is -4.34. The van der Waals surface area contributed by atoms with Gasteiger partial charge in [-0.3, -0.25) is 4.57 Å². The van der Waals surface area contributed by atoms with Crippen LogP contribution in [0.5, 0.6) is 0 Å². The second-order valence-electron chi connectivity index (χ2n) is 5.48. The van der Waals surface area contributed by atoms with Gasteiger partial charge in [0.1, 0.15) is 0 Å². The molecule has 0 aromatic rings. The van der Waals surface area contributed by atoms with Gasteiger partial charge >= 0.3 is 7.60 Å². The van der Waals surface area contributed by atoms with Crippen LogP contribution in [0.2, 0.25) is 0 Å². The maximum Gasteiger partial charge on any atom is 0.347 e. The fourth-order valence-electron chi connectivity index (χ4n) is 3.35. The first-order valence-corrected chi connectivity index (χ1v) is 6.99. The quantitative estimate of drug-likeness (QED) is 0.427. The van der Waals surface area contributed by atoms with E-state index in [-0.39, 0.29) is 5.92 Å². The average molecular weight is 251 g/mol. The van der Waals surface area contributed by atoms with Crippen LogP contribution < -0.4 is 0 Å². The summed E-state index contributed by atoms with van der Waals surface area (Å²) in [5.41, 5.74) is -1.17. The van der Waals surface area contributed by atoms with Crippen molar-refractivity contribution in [2.24, 2.45) is 16.7 Å². The third-order valence-electron chi connectivity index (χ3n) is 4.28. The van der Waals surface area contributed by atoms with Gasteiger partial charge in [-0.1, -0.05) is 32.9 Å². The first-order valence-electron chi connectivity index (χ1n) is 5.00. The van der Waals surface area contributed by atoms with Crippen LogP contribution in [0.4, 0.5) is 0 Å². The number of alkyl halides is 1. The lowest BCUT2D eigenvalue weighted by atomic mass is 9.75. The fraction of sp³-hybridized carbons (Fsp3) is 0.800. The highest BCUT2D eigenvalue weighted by Gasteiger charge is 2.73. The van der Waals surface area contributed by atoms with Gasteiger partial charge in [-0.05, 0) is 12.3 Å². The van der Waals surface area contributed by atoms with Gasteiger partial charge in [-0.15, -0.1) is 11.6 Å². The molecule has 0 aromatic carbocycles. The average Bonchev–Trinajstić information content (AvgIpc) is 2.50. The summed E-state index contributed by atoms with van der Waals surface area (Å²) < 4.78 is 10.2. The van der Waals surface area contributed by atoms with E-state index in [0.717, 1.165) is 6.42 Å². The molecular formula is C10H16ClO3P. The van der Waals surface area contributed by atoms with Gasteiger partial charge in [-0.2, -0.15) is 0 Å². The summed E-state index contributed by atoms with van der Waals surface area (Å²) in [6.07, 6.45) is 4.64. The Labute approximate surface area is 94.7 Å². The first kappa shape index (κ1) is 11.7. The predicted molar refractivity (Wildman–Crippen MR) is 59.8 cm³/mol. The van der Waals surface area contributed by atoms with E-state index >= 15 is 0 Å². The lowest BCUT2D eigenvalue weighted by molar-refractivity contribution is 0.207. The van der Waals surface area contributed by atoms with Gasteiger partial charge in [0.25, 0.3) is 0 Å². The molecule has 1 saturated carbocycles.